The summed E-state index contributed by atoms with van der Waals surface area (Å²) < 4.78 is 6.37. The summed E-state index contributed by atoms with van der Waals surface area (Å²) in [5.74, 6) is 0.763. The van der Waals surface area contributed by atoms with E-state index in [1.165, 1.54) is 0 Å². The molecular formula is C22H22ClNO3. The van der Waals surface area contributed by atoms with Crippen molar-refractivity contribution in [1.82, 2.24) is 4.90 Å². The summed E-state index contributed by atoms with van der Waals surface area (Å²) in [7, 11) is 0. The van der Waals surface area contributed by atoms with Gasteiger partial charge in [-0.1, -0.05) is 29.8 Å². The molecule has 1 amide bonds. The number of carbonyl (C=O) groups excluding carboxylic acids is 2. The van der Waals surface area contributed by atoms with Crippen LogP contribution in [0, 0.1) is 13.8 Å². The maximum atomic E-state index is 12.8. The number of carbonyl (C=O) groups is 2. The number of halogens is 1. The van der Waals surface area contributed by atoms with Crippen LogP contribution in [-0.4, -0.2) is 35.3 Å². The van der Waals surface area contributed by atoms with E-state index in [1.807, 2.05) is 38.1 Å². The first-order chi connectivity index (χ1) is 12.9. The monoisotopic (exact) mass is 383 g/mol. The molecule has 0 saturated carbocycles. The van der Waals surface area contributed by atoms with E-state index in [2.05, 4.69) is 0 Å². The van der Waals surface area contributed by atoms with Gasteiger partial charge in [-0.15, -0.1) is 0 Å². The Morgan fingerprint density at radius 3 is 2.56 bits per heavy atom. The Hall–Kier alpha value is -2.33. The third-order valence-electron chi connectivity index (χ3n) is 5.60. The summed E-state index contributed by atoms with van der Waals surface area (Å²) in [5, 5.41) is 0.465. The summed E-state index contributed by atoms with van der Waals surface area (Å²) in [6.45, 7) is 5.07. The largest absolute Gasteiger partial charge is 0.486 e. The van der Waals surface area contributed by atoms with Gasteiger partial charge in [0.2, 0.25) is 0 Å². The smallest absolute Gasteiger partial charge is 0.255 e. The van der Waals surface area contributed by atoms with E-state index in [9.17, 15) is 9.59 Å². The quantitative estimate of drug-likeness (QED) is 0.723. The lowest BCUT2D eigenvalue weighted by Gasteiger charge is -2.44. The van der Waals surface area contributed by atoms with Gasteiger partial charge in [0.05, 0.1) is 22.6 Å². The minimum absolute atomic E-state index is 0.0651. The lowest BCUT2D eigenvalue weighted by atomic mass is 9.81. The molecular weight excluding hydrogens is 362 g/mol. The molecule has 0 N–H and O–H groups in total. The highest BCUT2D eigenvalue weighted by molar-refractivity contribution is 6.33. The normalized spacial score (nSPS) is 18.2. The molecule has 0 aromatic heterocycles. The van der Waals surface area contributed by atoms with Crippen molar-refractivity contribution in [2.75, 3.05) is 13.1 Å². The van der Waals surface area contributed by atoms with Crippen LogP contribution in [0.3, 0.4) is 0 Å². The summed E-state index contributed by atoms with van der Waals surface area (Å²) in [6, 6.07) is 11.1. The number of aryl methyl sites for hydroxylation is 2. The van der Waals surface area contributed by atoms with Crippen molar-refractivity contribution in [3.05, 3.63) is 63.7 Å². The summed E-state index contributed by atoms with van der Waals surface area (Å²) >= 11 is 6.17. The minimum Gasteiger partial charge on any atom is -0.486 e. The van der Waals surface area contributed by atoms with E-state index in [4.69, 9.17) is 16.3 Å². The predicted octanol–water partition coefficient (Wildman–Crippen LogP) is 4.60. The van der Waals surface area contributed by atoms with E-state index in [0.29, 0.717) is 54.3 Å². The molecule has 27 heavy (non-hydrogen) atoms. The summed E-state index contributed by atoms with van der Waals surface area (Å²) in [4.78, 5) is 27.4. The van der Waals surface area contributed by atoms with Crippen LogP contribution in [-0.2, 0) is 0 Å². The van der Waals surface area contributed by atoms with E-state index >= 15 is 0 Å². The van der Waals surface area contributed by atoms with Gasteiger partial charge in [0.15, 0.2) is 5.78 Å². The van der Waals surface area contributed by atoms with Crippen molar-refractivity contribution in [1.29, 1.82) is 0 Å². The van der Waals surface area contributed by atoms with Crippen LogP contribution in [0.5, 0.6) is 5.75 Å². The zero-order chi connectivity index (χ0) is 19.2. The van der Waals surface area contributed by atoms with Crippen LogP contribution in [0.4, 0.5) is 0 Å². The van der Waals surface area contributed by atoms with Crippen molar-refractivity contribution in [3.8, 4) is 5.75 Å². The predicted molar refractivity (Wildman–Crippen MR) is 105 cm³/mol. The Balaban J connectivity index is 1.53. The SMILES string of the molecule is Cc1cc(C)c2c(c1)OC1(CCN(C(=O)c3ccccc3Cl)CC1)CC2=O. The zero-order valence-corrected chi connectivity index (χ0v) is 16.3. The maximum absolute atomic E-state index is 12.8. The first kappa shape index (κ1) is 18.1. The number of ketones is 1. The molecule has 2 aromatic rings. The van der Waals surface area contributed by atoms with Crippen LogP contribution in [0.1, 0.15) is 51.1 Å². The van der Waals surface area contributed by atoms with Gasteiger partial charge in [0, 0.05) is 25.9 Å². The van der Waals surface area contributed by atoms with Gasteiger partial charge in [-0.3, -0.25) is 9.59 Å². The Labute approximate surface area is 164 Å². The van der Waals surface area contributed by atoms with Gasteiger partial charge in [-0.05, 0) is 43.2 Å². The molecule has 2 heterocycles. The van der Waals surface area contributed by atoms with Crippen molar-refractivity contribution in [2.45, 2.75) is 38.7 Å². The third kappa shape index (κ3) is 3.23. The fourth-order valence-corrected chi connectivity index (χ4v) is 4.43. The van der Waals surface area contributed by atoms with Crippen molar-refractivity contribution < 1.29 is 14.3 Å². The van der Waals surface area contributed by atoms with Gasteiger partial charge in [0.1, 0.15) is 11.4 Å². The highest BCUT2D eigenvalue weighted by Crippen LogP contribution is 2.41. The molecule has 0 aliphatic carbocycles. The molecule has 0 radical (unpaired) electrons. The number of hydrogen-bond acceptors (Lipinski definition) is 3. The molecule has 1 spiro atoms. The second kappa shape index (κ2) is 6.68. The molecule has 2 aliphatic rings. The van der Waals surface area contributed by atoms with E-state index in [1.54, 1.807) is 17.0 Å². The van der Waals surface area contributed by atoms with Gasteiger partial charge in [-0.2, -0.15) is 0 Å². The first-order valence-electron chi connectivity index (χ1n) is 9.26. The molecule has 0 unspecified atom stereocenters. The Bertz CT molecular complexity index is 929. The van der Waals surface area contributed by atoms with Gasteiger partial charge >= 0.3 is 0 Å². The van der Waals surface area contributed by atoms with Gasteiger partial charge in [0.25, 0.3) is 5.91 Å². The van der Waals surface area contributed by atoms with Gasteiger partial charge in [-0.25, -0.2) is 0 Å². The van der Waals surface area contributed by atoms with Crippen molar-refractivity contribution >= 4 is 23.3 Å². The molecule has 140 valence electrons. The average Bonchev–Trinajstić information content (AvgIpc) is 2.61. The molecule has 2 aromatic carbocycles. The number of amides is 1. The minimum atomic E-state index is -0.512. The number of hydrogen-bond donors (Lipinski definition) is 0. The number of rotatable bonds is 1. The average molecular weight is 384 g/mol. The fourth-order valence-electron chi connectivity index (χ4n) is 4.22. The second-order valence-corrected chi connectivity index (χ2v) is 8.02. The fraction of sp³-hybridized carbons (Fsp3) is 0.364. The summed E-state index contributed by atoms with van der Waals surface area (Å²) in [5.41, 5.74) is 2.77. The first-order valence-corrected chi connectivity index (χ1v) is 9.64. The molecule has 0 atom stereocenters. The van der Waals surface area contributed by atoms with Crippen LogP contribution in [0.15, 0.2) is 36.4 Å². The van der Waals surface area contributed by atoms with Gasteiger partial charge < -0.3 is 9.64 Å². The highest BCUT2D eigenvalue weighted by atomic mass is 35.5. The van der Waals surface area contributed by atoms with E-state index < -0.39 is 5.60 Å². The maximum Gasteiger partial charge on any atom is 0.255 e. The second-order valence-electron chi connectivity index (χ2n) is 7.61. The van der Waals surface area contributed by atoms with Crippen LogP contribution in [0.25, 0.3) is 0 Å². The van der Waals surface area contributed by atoms with Crippen LogP contribution in [0.2, 0.25) is 5.02 Å². The Kier molecular flexibility index (Phi) is 4.47. The van der Waals surface area contributed by atoms with E-state index in [-0.39, 0.29) is 11.7 Å². The number of nitrogens with zero attached hydrogens (tertiary/aromatic N) is 1. The number of Topliss-reactive ketones (excluding diaryl/α,β-unsaturated/α-hetero) is 1. The Morgan fingerprint density at radius 1 is 1.15 bits per heavy atom. The number of benzene rings is 2. The van der Waals surface area contributed by atoms with E-state index in [0.717, 1.165) is 11.1 Å². The number of fused-ring (bicyclic) bond motifs is 1. The Morgan fingerprint density at radius 2 is 1.85 bits per heavy atom. The summed E-state index contributed by atoms with van der Waals surface area (Å²) in [6.07, 6.45) is 1.65. The zero-order valence-electron chi connectivity index (χ0n) is 15.5. The van der Waals surface area contributed by atoms with Crippen molar-refractivity contribution in [2.24, 2.45) is 0 Å². The molecule has 5 heteroatoms. The third-order valence-corrected chi connectivity index (χ3v) is 5.93. The number of piperidine rings is 1. The van der Waals surface area contributed by atoms with Crippen molar-refractivity contribution in [3.63, 3.8) is 0 Å². The molecule has 1 saturated heterocycles. The number of ether oxygens (including phenoxy) is 1. The lowest BCUT2D eigenvalue weighted by Crippen LogP contribution is -2.52. The number of likely N-dealkylation sites (tertiary alicyclic amines) is 1. The molecule has 0 bridgehead atoms. The lowest BCUT2D eigenvalue weighted by molar-refractivity contribution is -0.00580. The van der Waals surface area contributed by atoms with Crippen LogP contribution >= 0.6 is 11.6 Å². The molecule has 4 nitrogen and oxygen atoms in total. The molecule has 4 rings (SSSR count). The highest BCUT2D eigenvalue weighted by Gasteiger charge is 2.44. The molecule has 1 fully saturated rings. The standard InChI is InChI=1S/C22H22ClNO3/c1-14-11-15(2)20-18(25)13-22(27-19(20)12-14)7-9-24(10-8-22)21(26)16-5-3-4-6-17(16)23/h3-6,11-12H,7-10,13H2,1-2H3. The van der Waals surface area contributed by atoms with Crippen LogP contribution < -0.4 is 4.74 Å². The topological polar surface area (TPSA) is 46.6 Å². The molecule has 2 aliphatic heterocycles.